The Morgan fingerprint density at radius 3 is 0.957 bits per heavy atom. The van der Waals surface area contributed by atoms with Crippen LogP contribution in [0.4, 0.5) is 22.7 Å². The Morgan fingerprint density at radius 1 is 0.276 bits per heavy atom. The number of rotatable bonds is 19. The Morgan fingerprint density at radius 2 is 0.586 bits per heavy atom. The van der Waals surface area contributed by atoms with Gasteiger partial charge in [0.2, 0.25) is 0 Å². The van der Waals surface area contributed by atoms with E-state index in [4.69, 9.17) is 5.48 Å². The highest BCUT2D eigenvalue weighted by Gasteiger charge is 2.44. The van der Waals surface area contributed by atoms with Crippen LogP contribution in [0.3, 0.4) is 0 Å². The van der Waals surface area contributed by atoms with Crippen molar-refractivity contribution in [2.75, 3.05) is 22.9 Å². The molecule has 0 saturated heterocycles. The van der Waals surface area contributed by atoms with Crippen molar-refractivity contribution in [1.82, 2.24) is 9.13 Å². The number of fused-ring (bicyclic) bond motifs is 10. The fourth-order valence-corrected chi connectivity index (χ4v) is 18.0. The van der Waals surface area contributed by atoms with E-state index in [1.54, 1.807) is 9.13 Å². The summed E-state index contributed by atoms with van der Waals surface area (Å²) in [6.45, 7) is 20.6. The molecule has 116 heavy (non-hydrogen) atoms. The molecule has 19 rings (SSSR count). The second kappa shape index (κ2) is 30.1. The van der Waals surface area contributed by atoms with E-state index in [9.17, 15) is 16.4 Å². The molecule has 2 aromatic heterocycles. The van der Waals surface area contributed by atoms with Crippen molar-refractivity contribution in [3.63, 3.8) is 0 Å². The minimum atomic E-state index is -0.584. The normalized spacial score (nSPS) is 14.7. The molecule has 4 heterocycles. The van der Waals surface area contributed by atoms with Gasteiger partial charge in [-0.2, -0.15) is 0 Å². The molecule has 568 valence electrons. The molecule has 0 spiro atoms. The predicted octanol–water partition coefficient (Wildman–Crippen LogP) is 27.6. The average Bonchev–Trinajstić information content (AvgIpc) is 1.24. The van der Waals surface area contributed by atoms with E-state index in [1.165, 1.54) is 33.4 Å². The first kappa shape index (κ1) is 57.6. The topological polar surface area (TPSA) is 16.3 Å². The molecule has 0 saturated carbocycles. The maximum Gasteiger partial charge on any atom is 0.252 e. The molecule has 2 aliphatic rings. The van der Waals surface area contributed by atoms with Crippen molar-refractivity contribution in [3.8, 4) is 78.1 Å². The van der Waals surface area contributed by atoms with Gasteiger partial charge in [0.25, 0.3) is 6.71 Å². The first-order chi connectivity index (χ1) is 63.1. The summed E-state index contributed by atoms with van der Waals surface area (Å²) in [7, 11) is 0. The number of para-hydroxylation sites is 4. The molecule has 0 aliphatic carbocycles. The summed E-state index contributed by atoms with van der Waals surface area (Å²) in [4.78, 5) is 4.82. The van der Waals surface area contributed by atoms with Gasteiger partial charge in [0, 0.05) is 68.8 Å². The van der Waals surface area contributed by atoms with E-state index in [-0.39, 0.29) is 54.4 Å². The molecule has 0 bridgehead atoms. The highest BCUT2D eigenvalue weighted by molar-refractivity contribution is 7.00. The van der Waals surface area contributed by atoms with Crippen molar-refractivity contribution >= 4 is 89.5 Å². The largest absolute Gasteiger partial charge is 0.342 e. The SMILES string of the molecule is [2H]c1c([2H])c([2H])c2c(c1[2H])c1c([2H])c([2H])c([2H])c([2H])c1n2-c1ccc2c(c1)N(CCCCCc1c(-c3ccccc3)cc(C(C)(C)C)cc1-c1ccccc1)c1cc(C(C)(C)C)cc3c1B2c1ccc(-n2c4c([2H])c([2H])c([2H])c([2H])c4c4c([2H])c([2H])c([2H])c([2H])c42)cc1N3CCCCc1c(-c2cccc(-c3ccccc3)c2)cc(C(C)(C)C)cc1-c1cccc(-c2ccccc2)c1. The van der Waals surface area contributed by atoms with Gasteiger partial charge >= 0.3 is 0 Å². The zero-order chi connectivity index (χ0) is 92.9. The lowest BCUT2D eigenvalue weighted by Gasteiger charge is -2.45. The lowest BCUT2D eigenvalue weighted by atomic mass is 9.33. The Hall–Kier alpha value is -12.4. The van der Waals surface area contributed by atoms with Crippen LogP contribution in [0.15, 0.2) is 339 Å². The molecule has 15 aromatic carbocycles. The zero-order valence-corrected chi connectivity index (χ0v) is 67.3. The fraction of sp³-hybridized carbons (Fsp3) is 0.189. The maximum atomic E-state index is 9.80. The summed E-state index contributed by atoms with van der Waals surface area (Å²) < 4.78 is 154. The molecule has 4 nitrogen and oxygen atoms in total. The van der Waals surface area contributed by atoms with Gasteiger partial charge in [0.05, 0.1) is 44.0 Å². The van der Waals surface area contributed by atoms with Crippen LogP contribution in [0.2, 0.25) is 0 Å². The highest BCUT2D eigenvalue weighted by atomic mass is 15.2. The summed E-state index contributed by atoms with van der Waals surface area (Å²) in [6, 6.07) is 78.6. The fourth-order valence-electron chi connectivity index (χ4n) is 18.0. The van der Waals surface area contributed by atoms with Gasteiger partial charge in [-0.05, 0) is 238 Å². The number of benzene rings is 15. The number of aromatic nitrogens is 2. The Kier molecular flexibility index (Phi) is 14.9. The zero-order valence-electron chi connectivity index (χ0n) is 83.3. The van der Waals surface area contributed by atoms with Crippen LogP contribution in [0.1, 0.15) is 144 Å². The maximum absolute atomic E-state index is 9.80. The van der Waals surface area contributed by atoms with Crippen molar-refractivity contribution < 1.29 is 21.9 Å². The molecule has 17 aromatic rings. The van der Waals surface area contributed by atoms with Gasteiger partial charge in [0.15, 0.2) is 0 Å². The van der Waals surface area contributed by atoms with Crippen LogP contribution >= 0.6 is 0 Å². The highest BCUT2D eigenvalue weighted by Crippen LogP contribution is 2.47. The Labute approximate surface area is 708 Å². The van der Waals surface area contributed by atoms with E-state index < -0.39 is 109 Å². The standard InChI is InChI=1S/C111H101BN4/c1-109(2,3)83-67-94(77-41-19-12-20-42-77)88(95(68-83)78-43-21-13-22-44-78)49-23-14-33-63-113-104-73-86(115-100-55-28-24-51-90(100)91-52-25-29-56-101(91)115)59-61-98(104)112-99-62-60-87(116-102-57-30-26-53-92(102)93-54-27-31-58-103(93)116)74-105(99)114(107-72-85(111(7,8)9)71-106(113)108(107)112)64-34-32-50-89-96(81-47-35-45-79(65-81)75-37-15-10-16-38-75)69-84(110(4,5)6)70-97(89)82-48-36-46-80(66-82)76-39-17-11-18-40-76/h10-13,15-22,24-31,35-48,51-62,65-74H,14,23,32-34,49-50,63-64H2,1-9H3/i24D,25D,26D,27D,28D,29D,30D,31D,51D,52D,53D,54D,55D,56D,57D,58D. The van der Waals surface area contributed by atoms with E-state index in [1.807, 2.05) is 36.4 Å². The monoisotopic (exact) mass is 1520 g/mol. The lowest BCUT2D eigenvalue weighted by Crippen LogP contribution is -2.62. The average molecular weight is 1520 g/mol. The van der Waals surface area contributed by atoms with Crippen LogP contribution in [-0.2, 0) is 29.1 Å². The number of hydrogen-bond acceptors (Lipinski definition) is 2. The summed E-state index contributed by atoms with van der Waals surface area (Å²) in [5.41, 5.74) is 25.4. The first-order valence-electron chi connectivity index (χ1n) is 48.9. The molecule has 0 radical (unpaired) electrons. The summed E-state index contributed by atoms with van der Waals surface area (Å²) in [6.07, 6.45) is 5.05. The number of nitrogens with zero attached hydrogens (tertiary/aromatic N) is 4. The molecular formula is C111H101BN4. The Bertz CT molecular complexity index is 7260. The minimum Gasteiger partial charge on any atom is -0.342 e. The van der Waals surface area contributed by atoms with Crippen LogP contribution in [-0.4, -0.2) is 28.9 Å². The number of hydrogen-bond donors (Lipinski definition) is 0. The molecule has 0 fully saturated rings. The van der Waals surface area contributed by atoms with Gasteiger partial charge in [-0.1, -0.05) is 335 Å². The molecule has 5 heteroatoms. The van der Waals surface area contributed by atoms with Gasteiger partial charge in [-0.3, -0.25) is 0 Å². The van der Waals surface area contributed by atoms with Gasteiger partial charge in [0.1, 0.15) is 0 Å². The van der Waals surface area contributed by atoms with Crippen LogP contribution < -0.4 is 26.2 Å². The quantitative estimate of drug-likeness (QED) is 0.0593. The number of anilines is 4. The van der Waals surface area contributed by atoms with Gasteiger partial charge in [-0.15, -0.1) is 0 Å². The summed E-state index contributed by atoms with van der Waals surface area (Å²) in [5, 5.41) is -0.139. The third-order valence-corrected chi connectivity index (χ3v) is 24.0. The molecule has 0 amide bonds. The van der Waals surface area contributed by atoms with Crippen molar-refractivity contribution in [1.29, 1.82) is 0 Å². The third kappa shape index (κ3) is 13.6. The summed E-state index contributed by atoms with van der Waals surface area (Å²) >= 11 is 0. The lowest BCUT2D eigenvalue weighted by molar-refractivity contribution is 0.589. The molecular weight excluding hydrogens is 1400 g/mol. The van der Waals surface area contributed by atoms with E-state index >= 15 is 0 Å². The van der Waals surface area contributed by atoms with Crippen molar-refractivity contribution in [3.05, 3.63) is 367 Å². The predicted molar refractivity (Wildman–Crippen MR) is 499 cm³/mol. The summed E-state index contributed by atoms with van der Waals surface area (Å²) in [5.74, 6) is 0. The van der Waals surface area contributed by atoms with E-state index in [0.717, 1.165) is 120 Å². The third-order valence-electron chi connectivity index (χ3n) is 24.0. The Balaban J connectivity index is 0.824. The van der Waals surface area contributed by atoms with Crippen LogP contribution in [0, 0.1) is 0 Å². The first-order valence-corrected chi connectivity index (χ1v) is 40.9. The molecule has 0 atom stereocenters. The van der Waals surface area contributed by atoms with E-state index in [2.05, 4.69) is 278 Å². The minimum absolute atomic E-state index is 0.00171. The van der Waals surface area contributed by atoms with Crippen LogP contribution in [0.5, 0.6) is 0 Å². The van der Waals surface area contributed by atoms with Gasteiger partial charge < -0.3 is 18.9 Å². The smallest absolute Gasteiger partial charge is 0.252 e. The van der Waals surface area contributed by atoms with Gasteiger partial charge in [-0.25, -0.2) is 0 Å². The second-order valence-electron chi connectivity index (χ2n) is 34.5. The van der Waals surface area contributed by atoms with Crippen LogP contribution in [0.25, 0.3) is 122 Å². The second-order valence-corrected chi connectivity index (χ2v) is 34.5. The molecule has 2 aliphatic heterocycles. The molecule has 0 N–H and O–H groups in total. The molecule has 0 unspecified atom stereocenters. The van der Waals surface area contributed by atoms with Crippen molar-refractivity contribution in [2.24, 2.45) is 0 Å². The number of unbranched alkanes of at least 4 members (excludes halogenated alkanes) is 3. The van der Waals surface area contributed by atoms with Crippen molar-refractivity contribution in [2.45, 2.75) is 124 Å². The van der Waals surface area contributed by atoms with E-state index in [0.29, 0.717) is 50.1 Å².